The highest BCUT2D eigenvalue weighted by molar-refractivity contribution is 6.01. The Bertz CT molecular complexity index is 662. The lowest BCUT2D eigenvalue weighted by molar-refractivity contribution is -0.264. The molecule has 112 valence electrons. The Morgan fingerprint density at radius 3 is 2.19 bits per heavy atom. The largest absolute Gasteiger partial charge is 0.407 e. The van der Waals surface area contributed by atoms with Gasteiger partial charge in [0, 0.05) is 17.1 Å². The van der Waals surface area contributed by atoms with Gasteiger partial charge in [0.25, 0.3) is 0 Å². The van der Waals surface area contributed by atoms with Crippen molar-refractivity contribution < 1.29 is 31.1 Å². The molecule has 0 amide bonds. The molecule has 0 saturated heterocycles. The highest BCUT2D eigenvalue weighted by atomic mass is 19.4. The van der Waals surface area contributed by atoms with Crippen LogP contribution in [0, 0.1) is 5.92 Å². The van der Waals surface area contributed by atoms with E-state index in [1.807, 2.05) is 0 Å². The lowest BCUT2D eigenvalue weighted by Crippen LogP contribution is -2.42. The molecule has 8 heteroatoms. The minimum Gasteiger partial charge on any atom is -0.293 e. The number of carbonyl (C=O) groups is 1. The van der Waals surface area contributed by atoms with Crippen molar-refractivity contribution >= 4 is 16.7 Å². The van der Waals surface area contributed by atoms with Crippen LogP contribution in [0.15, 0.2) is 36.5 Å². The fourth-order valence-electron chi connectivity index (χ4n) is 1.88. The van der Waals surface area contributed by atoms with Crippen LogP contribution in [0.3, 0.4) is 0 Å². The normalized spacial score (nSPS) is 12.9. The molecule has 0 aliphatic carbocycles. The van der Waals surface area contributed by atoms with Crippen LogP contribution in [-0.2, 0) is 0 Å². The summed E-state index contributed by atoms with van der Waals surface area (Å²) in [6.45, 7) is 0. The molecule has 1 aromatic carbocycles. The van der Waals surface area contributed by atoms with E-state index in [1.165, 1.54) is 24.4 Å². The number of benzene rings is 1. The molecule has 0 bridgehead atoms. The minimum atomic E-state index is -5.70. The highest BCUT2D eigenvalue weighted by Crippen LogP contribution is 2.41. The summed E-state index contributed by atoms with van der Waals surface area (Å²) in [6, 6.07) is 5.97. The van der Waals surface area contributed by atoms with E-state index in [0.29, 0.717) is 5.52 Å². The number of fused-ring (bicyclic) bond motifs is 1. The van der Waals surface area contributed by atoms with Crippen LogP contribution >= 0.6 is 0 Å². The van der Waals surface area contributed by atoms with Crippen LogP contribution in [0.1, 0.15) is 10.4 Å². The van der Waals surface area contributed by atoms with Crippen LogP contribution in [0.4, 0.5) is 26.3 Å². The molecule has 2 aromatic rings. The van der Waals surface area contributed by atoms with Crippen molar-refractivity contribution in [2.45, 2.75) is 12.4 Å². The molecular weight excluding hydrogens is 300 g/mol. The molecule has 0 spiro atoms. The Morgan fingerprint density at radius 1 is 1.00 bits per heavy atom. The van der Waals surface area contributed by atoms with Gasteiger partial charge in [0.05, 0.1) is 5.52 Å². The summed E-state index contributed by atoms with van der Waals surface area (Å²) in [4.78, 5) is 15.5. The second-order valence-electron chi connectivity index (χ2n) is 4.29. The third-order valence-corrected chi connectivity index (χ3v) is 2.80. The summed E-state index contributed by atoms with van der Waals surface area (Å²) in [7, 11) is 0. The standard InChI is InChI=1S/C13H7F6NO/c14-12(15,16)11(13(17,18)19)10(21)8-3-4-9-7(6-8)2-1-5-20-9/h1-6,11H. The number of hydrogen-bond acceptors (Lipinski definition) is 2. The van der Waals surface area contributed by atoms with E-state index in [4.69, 9.17) is 0 Å². The molecule has 0 fully saturated rings. The number of alkyl halides is 6. The van der Waals surface area contributed by atoms with E-state index in [0.717, 1.165) is 12.1 Å². The summed E-state index contributed by atoms with van der Waals surface area (Å²) < 4.78 is 75.1. The average Bonchev–Trinajstić information content (AvgIpc) is 2.34. The first kappa shape index (κ1) is 15.3. The fraction of sp³-hybridized carbons (Fsp3) is 0.231. The molecule has 1 heterocycles. The first-order valence-corrected chi connectivity index (χ1v) is 5.63. The Balaban J connectivity index is 2.49. The molecule has 0 radical (unpaired) electrons. The minimum absolute atomic E-state index is 0.284. The smallest absolute Gasteiger partial charge is 0.293 e. The number of pyridine rings is 1. The lowest BCUT2D eigenvalue weighted by Gasteiger charge is -2.21. The van der Waals surface area contributed by atoms with Gasteiger partial charge >= 0.3 is 12.4 Å². The average molecular weight is 307 g/mol. The quantitative estimate of drug-likeness (QED) is 0.616. The third-order valence-electron chi connectivity index (χ3n) is 2.80. The van der Waals surface area contributed by atoms with Gasteiger partial charge in [-0.05, 0) is 24.3 Å². The van der Waals surface area contributed by atoms with E-state index in [2.05, 4.69) is 4.98 Å². The van der Waals surface area contributed by atoms with Gasteiger partial charge < -0.3 is 0 Å². The van der Waals surface area contributed by atoms with Gasteiger partial charge in [0.2, 0.25) is 5.92 Å². The first-order chi connectivity index (χ1) is 9.60. The van der Waals surface area contributed by atoms with E-state index in [1.54, 1.807) is 0 Å². The van der Waals surface area contributed by atoms with Gasteiger partial charge in [-0.1, -0.05) is 6.07 Å². The molecule has 1 aromatic heterocycles. The molecule has 0 aliphatic heterocycles. The van der Waals surface area contributed by atoms with E-state index in [9.17, 15) is 31.1 Å². The van der Waals surface area contributed by atoms with Crippen molar-refractivity contribution in [3.05, 3.63) is 42.1 Å². The van der Waals surface area contributed by atoms with Crippen molar-refractivity contribution in [3.63, 3.8) is 0 Å². The molecule has 0 saturated carbocycles. The fourth-order valence-corrected chi connectivity index (χ4v) is 1.88. The van der Waals surface area contributed by atoms with Gasteiger partial charge in [0.1, 0.15) is 0 Å². The predicted molar refractivity (Wildman–Crippen MR) is 61.7 cm³/mol. The Morgan fingerprint density at radius 2 is 1.62 bits per heavy atom. The van der Waals surface area contributed by atoms with E-state index >= 15 is 0 Å². The van der Waals surface area contributed by atoms with Crippen LogP contribution in [0.2, 0.25) is 0 Å². The lowest BCUT2D eigenvalue weighted by atomic mass is 9.95. The molecule has 0 unspecified atom stereocenters. The SMILES string of the molecule is O=C(c1ccc2ncccc2c1)C(C(F)(F)F)C(F)(F)F. The van der Waals surface area contributed by atoms with Crippen LogP contribution in [0.5, 0.6) is 0 Å². The number of carbonyl (C=O) groups excluding carboxylic acids is 1. The van der Waals surface area contributed by atoms with Crippen LogP contribution in [-0.4, -0.2) is 23.1 Å². The summed E-state index contributed by atoms with van der Waals surface area (Å²) in [6.07, 6.45) is -9.98. The van der Waals surface area contributed by atoms with Gasteiger partial charge in [-0.25, -0.2) is 0 Å². The number of Topliss-reactive ketones (excluding diaryl/α,β-unsaturated/α-hetero) is 1. The zero-order chi connectivity index (χ0) is 15.8. The van der Waals surface area contributed by atoms with Crippen molar-refractivity contribution in [1.29, 1.82) is 0 Å². The summed E-state index contributed by atoms with van der Waals surface area (Å²) in [5.74, 6) is -6.06. The maximum Gasteiger partial charge on any atom is 0.407 e. The molecular formula is C13H7F6NO. The van der Waals surface area contributed by atoms with E-state index in [-0.39, 0.29) is 5.39 Å². The number of hydrogen-bond donors (Lipinski definition) is 0. The van der Waals surface area contributed by atoms with Gasteiger partial charge in [0.15, 0.2) is 5.78 Å². The summed E-state index contributed by atoms with van der Waals surface area (Å²) in [5, 5.41) is 0.284. The second kappa shape index (κ2) is 5.01. The Hall–Kier alpha value is -2.12. The first-order valence-electron chi connectivity index (χ1n) is 5.63. The van der Waals surface area contributed by atoms with E-state index < -0.39 is 29.6 Å². The highest BCUT2D eigenvalue weighted by Gasteiger charge is 2.60. The number of rotatable bonds is 2. The zero-order valence-corrected chi connectivity index (χ0v) is 10.2. The number of halogens is 6. The third kappa shape index (κ3) is 3.14. The monoisotopic (exact) mass is 307 g/mol. The van der Waals surface area contributed by atoms with Crippen molar-refractivity contribution in [3.8, 4) is 0 Å². The number of ketones is 1. The Labute approximate surface area is 114 Å². The Kier molecular flexibility index (Phi) is 3.65. The summed E-state index contributed by atoms with van der Waals surface area (Å²) >= 11 is 0. The zero-order valence-electron chi connectivity index (χ0n) is 10.2. The van der Waals surface area contributed by atoms with Crippen molar-refractivity contribution in [1.82, 2.24) is 4.98 Å². The maximum atomic E-state index is 12.5. The maximum absolute atomic E-state index is 12.5. The van der Waals surface area contributed by atoms with Crippen molar-refractivity contribution in [2.24, 2.45) is 5.92 Å². The van der Waals surface area contributed by atoms with Gasteiger partial charge in [-0.3, -0.25) is 9.78 Å². The molecule has 0 N–H and O–H groups in total. The predicted octanol–water partition coefficient (Wildman–Crippen LogP) is 4.16. The molecule has 0 aliphatic rings. The number of aromatic nitrogens is 1. The van der Waals surface area contributed by atoms with Crippen LogP contribution in [0.25, 0.3) is 10.9 Å². The van der Waals surface area contributed by atoms with Crippen molar-refractivity contribution in [2.75, 3.05) is 0 Å². The van der Waals surface area contributed by atoms with Gasteiger partial charge in [-0.15, -0.1) is 0 Å². The molecule has 2 rings (SSSR count). The molecule has 0 atom stereocenters. The number of nitrogens with zero attached hydrogens (tertiary/aromatic N) is 1. The topological polar surface area (TPSA) is 30.0 Å². The molecule has 2 nitrogen and oxygen atoms in total. The van der Waals surface area contributed by atoms with Gasteiger partial charge in [-0.2, -0.15) is 26.3 Å². The summed E-state index contributed by atoms with van der Waals surface area (Å²) in [5.41, 5.74) is -0.292. The second-order valence-corrected chi connectivity index (χ2v) is 4.29. The van der Waals surface area contributed by atoms with Crippen LogP contribution < -0.4 is 0 Å². The molecule has 21 heavy (non-hydrogen) atoms.